The number of thiophene rings is 1. The van der Waals surface area contributed by atoms with E-state index in [-0.39, 0.29) is 0 Å². The second-order valence-corrected chi connectivity index (χ2v) is 14.2. The van der Waals surface area contributed by atoms with Crippen LogP contribution in [-0.2, 0) is 0 Å². The van der Waals surface area contributed by atoms with Crippen LogP contribution in [0.1, 0.15) is 0 Å². The Morgan fingerprint density at radius 2 is 0.860 bits per heavy atom. The van der Waals surface area contributed by atoms with Crippen LogP contribution in [0, 0.1) is 0 Å². The van der Waals surface area contributed by atoms with Crippen LogP contribution >= 0.6 is 11.3 Å². The maximum Gasteiger partial charge on any atom is 0.124 e. The highest BCUT2D eigenvalue weighted by Gasteiger charge is 2.15. The Bertz CT molecular complexity index is 3070. The molecule has 0 unspecified atom stereocenters. The number of benzene rings is 8. The van der Waals surface area contributed by atoms with E-state index in [0.717, 1.165) is 10.5 Å². The van der Waals surface area contributed by atoms with Crippen molar-refractivity contribution >= 4 is 85.8 Å². The van der Waals surface area contributed by atoms with E-state index in [9.17, 15) is 0 Å². The van der Waals surface area contributed by atoms with Gasteiger partial charge in [0.2, 0.25) is 0 Å². The third kappa shape index (κ3) is 4.05. The average molecular weight is 653 g/mol. The summed E-state index contributed by atoms with van der Waals surface area (Å²) in [5.41, 5.74) is 8.33. The maximum absolute atomic E-state index is 5.01. The van der Waals surface area contributed by atoms with Gasteiger partial charge < -0.3 is 4.57 Å². The van der Waals surface area contributed by atoms with Crippen molar-refractivity contribution in [2.24, 2.45) is 0 Å². The minimum atomic E-state index is 1.06. The fourth-order valence-electron chi connectivity index (χ4n) is 8.12. The molecule has 232 valence electrons. The van der Waals surface area contributed by atoms with Gasteiger partial charge >= 0.3 is 0 Å². The third-order valence-electron chi connectivity index (χ3n) is 10.4. The van der Waals surface area contributed by atoms with Crippen LogP contribution < -0.4 is 0 Å². The lowest BCUT2D eigenvalue weighted by atomic mass is 9.91. The zero-order valence-electron chi connectivity index (χ0n) is 27.0. The first-order chi connectivity index (χ1) is 24.8. The molecule has 0 spiro atoms. The Kier molecular flexibility index (Phi) is 5.86. The second kappa shape index (κ2) is 10.6. The molecular weight excluding hydrogens is 625 g/mol. The molecule has 0 fully saturated rings. The van der Waals surface area contributed by atoms with E-state index in [4.69, 9.17) is 4.98 Å². The molecule has 0 aliphatic rings. The fraction of sp³-hybridized carbons (Fsp3) is 0. The Hall–Kier alpha value is -6.29. The van der Waals surface area contributed by atoms with E-state index in [1.54, 1.807) is 11.3 Å². The number of pyridine rings is 1. The molecule has 3 heteroatoms. The van der Waals surface area contributed by atoms with Gasteiger partial charge in [0, 0.05) is 26.2 Å². The number of nitrogens with zero attached hydrogens (tertiary/aromatic N) is 2. The summed E-state index contributed by atoms with van der Waals surface area (Å²) >= 11 is 1.76. The Labute approximate surface area is 292 Å². The predicted octanol–water partition coefficient (Wildman–Crippen LogP) is 13.3. The van der Waals surface area contributed by atoms with Gasteiger partial charge in [-0.05, 0) is 97.0 Å². The van der Waals surface area contributed by atoms with Crippen molar-refractivity contribution in [3.8, 4) is 27.9 Å². The monoisotopic (exact) mass is 652 g/mol. The Morgan fingerprint density at radius 3 is 1.50 bits per heavy atom. The van der Waals surface area contributed by atoms with E-state index in [0.29, 0.717) is 0 Å². The van der Waals surface area contributed by atoms with Crippen molar-refractivity contribution in [2.45, 2.75) is 0 Å². The van der Waals surface area contributed by atoms with Crippen LogP contribution in [0.15, 0.2) is 170 Å². The van der Waals surface area contributed by atoms with E-state index in [1.165, 1.54) is 91.8 Å². The van der Waals surface area contributed by atoms with Gasteiger partial charge in [0.05, 0.1) is 22.9 Å². The summed E-state index contributed by atoms with van der Waals surface area (Å²) in [5.74, 6) is 0. The second-order valence-electron chi connectivity index (χ2n) is 13.2. The number of para-hydroxylation sites is 2. The Morgan fingerprint density at radius 1 is 0.360 bits per heavy atom. The molecule has 50 heavy (non-hydrogen) atoms. The van der Waals surface area contributed by atoms with Crippen LogP contribution in [0.2, 0.25) is 0 Å². The van der Waals surface area contributed by atoms with Gasteiger partial charge in [0.25, 0.3) is 0 Å². The number of aromatic nitrogens is 2. The molecule has 0 bridgehead atoms. The van der Waals surface area contributed by atoms with E-state index in [1.807, 2.05) is 6.20 Å². The van der Waals surface area contributed by atoms with E-state index in [2.05, 4.69) is 168 Å². The van der Waals surface area contributed by atoms with Crippen LogP contribution in [0.5, 0.6) is 0 Å². The molecule has 3 heterocycles. The molecule has 0 saturated carbocycles. The van der Waals surface area contributed by atoms with Crippen molar-refractivity contribution in [2.75, 3.05) is 0 Å². The number of fused-ring (bicyclic) bond motifs is 12. The lowest BCUT2D eigenvalue weighted by Crippen LogP contribution is -1.94. The SMILES string of the molecule is c1cc(-c2ccc3sc4ncc(-n5c6ccccc6c6ccccc65)cc4c3c2)cc(-c2ccc3c4ccccc4c4ccccc4c3c2)c1. The largest absolute Gasteiger partial charge is 0.308 e. The van der Waals surface area contributed by atoms with Crippen molar-refractivity contribution in [3.05, 3.63) is 170 Å². The summed E-state index contributed by atoms with van der Waals surface area (Å²) in [4.78, 5) is 6.07. The summed E-state index contributed by atoms with van der Waals surface area (Å²) in [5, 5.41) is 12.7. The van der Waals surface area contributed by atoms with Crippen LogP contribution in [0.3, 0.4) is 0 Å². The molecule has 0 N–H and O–H groups in total. The van der Waals surface area contributed by atoms with Crippen LogP contribution in [0.25, 0.3) is 102 Å². The van der Waals surface area contributed by atoms with Crippen molar-refractivity contribution < 1.29 is 0 Å². The van der Waals surface area contributed by atoms with Gasteiger partial charge in [-0.1, -0.05) is 121 Å². The lowest BCUT2D eigenvalue weighted by Gasteiger charge is -2.12. The molecule has 0 atom stereocenters. The van der Waals surface area contributed by atoms with E-state index < -0.39 is 0 Å². The first-order valence-electron chi connectivity index (χ1n) is 17.0. The summed E-state index contributed by atoms with van der Waals surface area (Å²) in [6, 6.07) is 60.0. The summed E-state index contributed by atoms with van der Waals surface area (Å²) in [6.07, 6.45) is 2.02. The molecule has 2 nitrogen and oxygen atoms in total. The molecular formula is C47H28N2S. The minimum Gasteiger partial charge on any atom is -0.308 e. The molecule has 0 aliphatic carbocycles. The van der Waals surface area contributed by atoms with Crippen LogP contribution in [-0.4, -0.2) is 9.55 Å². The summed E-state index contributed by atoms with van der Waals surface area (Å²) < 4.78 is 3.60. The van der Waals surface area contributed by atoms with Gasteiger partial charge in [-0.3, -0.25) is 0 Å². The van der Waals surface area contributed by atoms with Gasteiger partial charge in [-0.15, -0.1) is 11.3 Å². The zero-order chi connectivity index (χ0) is 32.8. The smallest absolute Gasteiger partial charge is 0.124 e. The number of hydrogen-bond donors (Lipinski definition) is 0. The molecule has 8 aromatic carbocycles. The standard InChI is InChI=1S/C47H28N2S/c1-2-14-36-34(12-1)35-13-3-4-15-37(35)41-25-31(20-22-38(36)41)29-10-9-11-30(24-29)32-21-23-46-42(26-32)43-27-33(28-48-47(43)50-46)49-44-18-7-5-16-39(44)40-17-6-8-19-45(40)49/h1-28H. The highest BCUT2D eigenvalue weighted by molar-refractivity contribution is 7.25. The fourth-order valence-corrected chi connectivity index (χ4v) is 9.12. The van der Waals surface area contributed by atoms with Crippen LogP contribution in [0.4, 0.5) is 0 Å². The quantitative estimate of drug-likeness (QED) is 0.174. The number of rotatable bonds is 3. The van der Waals surface area contributed by atoms with Crippen molar-refractivity contribution in [1.82, 2.24) is 9.55 Å². The van der Waals surface area contributed by atoms with Crippen molar-refractivity contribution in [1.29, 1.82) is 0 Å². The highest BCUT2D eigenvalue weighted by atomic mass is 32.1. The highest BCUT2D eigenvalue weighted by Crippen LogP contribution is 2.40. The molecule has 11 aromatic rings. The first-order valence-corrected chi connectivity index (χ1v) is 17.9. The molecule has 0 aliphatic heterocycles. The maximum atomic E-state index is 5.01. The van der Waals surface area contributed by atoms with Gasteiger partial charge in [0.15, 0.2) is 0 Å². The van der Waals surface area contributed by atoms with Gasteiger partial charge in [-0.2, -0.15) is 0 Å². The topological polar surface area (TPSA) is 17.8 Å². The molecule has 0 saturated heterocycles. The number of hydrogen-bond acceptors (Lipinski definition) is 2. The van der Waals surface area contributed by atoms with Crippen molar-refractivity contribution in [3.63, 3.8) is 0 Å². The first kappa shape index (κ1) is 27.6. The lowest BCUT2D eigenvalue weighted by molar-refractivity contribution is 1.16. The van der Waals surface area contributed by atoms with Gasteiger partial charge in [-0.25, -0.2) is 4.98 Å². The summed E-state index contributed by atoms with van der Waals surface area (Å²) in [7, 11) is 0. The molecule has 0 amide bonds. The Balaban J connectivity index is 1.05. The van der Waals surface area contributed by atoms with Gasteiger partial charge in [0.1, 0.15) is 4.83 Å². The predicted molar refractivity (Wildman–Crippen MR) is 215 cm³/mol. The normalized spacial score (nSPS) is 12.0. The van der Waals surface area contributed by atoms with E-state index >= 15 is 0 Å². The zero-order valence-corrected chi connectivity index (χ0v) is 27.8. The molecule has 0 radical (unpaired) electrons. The molecule has 3 aromatic heterocycles. The average Bonchev–Trinajstić information content (AvgIpc) is 3.73. The minimum absolute atomic E-state index is 1.06. The summed E-state index contributed by atoms with van der Waals surface area (Å²) in [6.45, 7) is 0. The third-order valence-corrected chi connectivity index (χ3v) is 11.5. The molecule has 11 rings (SSSR count).